The summed E-state index contributed by atoms with van der Waals surface area (Å²) in [5, 5.41) is 6.91. The van der Waals surface area contributed by atoms with Crippen LogP contribution < -0.4 is 16.0 Å². The summed E-state index contributed by atoms with van der Waals surface area (Å²) < 4.78 is 4.96. The number of carbonyl (C=O) groups excluding carboxylic acids is 5. The molecular weight excluding hydrogens is 380 g/mol. The number of rotatable bonds is 4. The Morgan fingerprint density at radius 3 is 2.72 bits per heavy atom. The van der Waals surface area contributed by atoms with E-state index in [4.69, 9.17) is 4.74 Å². The Hall–Kier alpha value is -3.43. The Labute approximate surface area is 166 Å². The Balaban J connectivity index is 1.69. The largest absolute Gasteiger partial charge is 0.451 e. The number of hydrogen-bond acceptors (Lipinski definition) is 6. The van der Waals surface area contributed by atoms with Crippen molar-refractivity contribution in [2.75, 3.05) is 13.6 Å². The van der Waals surface area contributed by atoms with E-state index in [1.807, 2.05) is 17.4 Å². The van der Waals surface area contributed by atoms with E-state index in [0.29, 0.717) is 6.42 Å². The molecule has 2 atom stereocenters. The molecule has 1 aliphatic carbocycles. The molecule has 0 saturated carbocycles. The van der Waals surface area contributed by atoms with Crippen molar-refractivity contribution >= 4 is 29.8 Å². The molecule has 1 heterocycles. The maximum Gasteiger partial charge on any atom is 0.327 e. The van der Waals surface area contributed by atoms with Crippen LogP contribution in [0.3, 0.4) is 0 Å². The van der Waals surface area contributed by atoms with Crippen LogP contribution in [0.2, 0.25) is 0 Å². The molecule has 3 rings (SSSR count). The zero-order chi connectivity index (χ0) is 21.2. The van der Waals surface area contributed by atoms with E-state index in [9.17, 15) is 24.0 Å². The third-order valence-electron chi connectivity index (χ3n) is 5.08. The molecule has 1 fully saturated rings. The zero-order valence-electron chi connectivity index (χ0n) is 16.1. The first kappa shape index (κ1) is 20.3. The molecule has 0 aromatic heterocycles. The molecule has 1 aromatic carbocycles. The molecule has 1 aliphatic heterocycles. The van der Waals surface area contributed by atoms with Crippen LogP contribution >= 0.6 is 0 Å². The van der Waals surface area contributed by atoms with Gasteiger partial charge in [0.15, 0.2) is 6.10 Å². The standard InChI is InChI=1S/C19H22N4O6/c1-11(15(25)21-17(27)20-2)29-14(24)10-23-16(26)19(22-18(23)28)9-5-7-12-6-3-4-8-13(12)19/h3-4,6,8,11H,5,7,9-10H2,1-2H3,(H,22,28)(H2,20,21,25,27)/t11-,19-/m1/s1. The van der Waals surface area contributed by atoms with Crippen molar-refractivity contribution < 1.29 is 28.7 Å². The molecule has 0 bridgehead atoms. The van der Waals surface area contributed by atoms with Crippen LogP contribution in [-0.4, -0.2) is 54.4 Å². The summed E-state index contributed by atoms with van der Waals surface area (Å²) in [6.07, 6.45) is 0.689. The average molecular weight is 402 g/mol. The number of amides is 6. The molecule has 1 aromatic rings. The molecule has 1 spiro atoms. The summed E-state index contributed by atoms with van der Waals surface area (Å²) in [6, 6.07) is 5.96. The van der Waals surface area contributed by atoms with Gasteiger partial charge in [0, 0.05) is 7.05 Å². The average Bonchev–Trinajstić information content (AvgIpc) is 2.92. The second kappa shape index (κ2) is 7.90. The van der Waals surface area contributed by atoms with Crippen LogP contribution in [0.1, 0.15) is 30.9 Å². The number of hydrogen-bond donors (Lipinski definition) is 3. The predicted octanol–water partition coefficient (Wildman–Crippen LogP) is 0.157. The van der Waals surface area contributed by atoms with E-state index in [1.54, 1.807) is 12.1 Å². The first-order chi connectivity index (χ1) is 13.8. The van der Waals surface area contributed by atoms with Gasteiger partial charge in [0.25, 0.3) is 11.8 Å². The van der Waals surface area contributed by atoms with Gasteiger partial charge in [-0.05, 0) is 37.3 Å². The van der Waals surface area contributed by atoms with Crippen molar-refractivity contribution in [1.29, 1.82) is 0 Å². The van der Waals surface area contributed by atoms with Crippen LogP contribution in [0.5, 0.6) is 0 Å². The Bertz CT molecular complexity index is 885. The lowest BCUT2D eigenvalue weighted by atomic mass is 9.76. The second-order valence-corrected chi connectivity index (χ2v) is 6.94. The molecule has 29 heavy (non-hydrogen) atoms. The topological polar surface area (TPSA) is 134 Å². The smallest absolute Gasteiger partial charge is 0.327 e. The summed E-state index contributed by atoms with van der Waals surface area (Å²) in [6.45, 7) is 0.646. The highest BCUT2D eigenvalue weighted by molar-refractivity contribution is 6.09. The van der Waals surface area contributed by atoms with E-state index in [-0.39, 0.29) is 0 Å². The minimum atomic E-state index is -1.27. The highest BCUT2D eigenvalue weighted by Crippen LogP contribution is 2.39. The third-order valence-corrected chi connectivity index (χ3v) is 5.08. The normalized spacial score (nSPS) is 21.2. The molecule has 2 aliphatic rings. The molecule has 6 amide bonds. The van der Waals surface area contributed by atoms with Crippen molar-refractivity contribution in [3.05, 3.63) is 35.4 Å². The van der Waals surface area contributed by atoms with Gasteiger partial charge in [-0.3, -0.25) is 24.6 Å². The Morgan fingerprint density at radius 2 is 2.00 bits per heavy atom. The number of esters is 1. The van der Waals surface area contributed by atoms with Gasteiger partial charge in [-0.25, -0.2) is 9.59 Å². The maximum absolute atomic E-state index is 13.1. The lowest BCUT2D eigenvalue weighted by Crippen LogP contribution is -2.47. The molecule has 3 N–H and O–H groups in total. The Kier molecular flexibility index (Phi) is 5.53. The van der Waals surface area contributed by atoms with Gasteiger partial charge in [-0.1, -0.05) is 24.3 Å². The zero-order valence-corrected chi connectivity index (χ0v) is 16.1. The summed E-state index contributed by atoms with van der Waals surface area (Å²) in [4.78, 5) is 61.5. The maximum atomic E-state index is 13.1. The van der Waals surface area contributed by atoms with Gasteiger partial charge < -0.3 is 15.4 Å². The van der Waals surface area contributed by atoms with Crippen molar-refractivity contribution in [3.8, 4) is 0 Å². The number of fused-ring (bicyclic) bond motifs is 2. The van der Waals surface area contributed by atoms with Gasteiger partial charge in [-0.15, -0.1) is 0 Å². The van der Waals surface area contributed by atoms with Gasteiger partial charge in [0.1, 0.15) is 12.1 Å². The van der Waals surface area contributed by atoms with Gasteiger partial charge in [0.05, 0.1) is 0 Å². The fraction of sp³-hybridized carbons (Fsp3) is 0.421. The molecule has 154 valence electrons. The minimum absolute atomic E-state index is 0.436. The number of urea groups is 2. The van der Waals surface area contributed by atoms with Gasteiger partial charge >= 0.3 is 18.0 Å². The summed E-state index contributed by atoms with van der Waals surface area (Å²) in [5.41, 5.74) is 0.532. The van der Waals surface area contributed by atoms with Crippen molar-refractivity contribution in [2.24, 2.45) is 0 Å². The number of imide groups is 2. The fourth-order valence-corrected chi connectivity index (χ4v) is 3.65. The SMILES string of the molecule is CNC(=O)NC(=O)[C@@H](C)OC(=O)CN1C(=O)N[C@@]2(CCCc3ccccc32)C1=O. The van der Waals surface area contributed by atoms with E-state index in [0.717, 1.165) is 28.9 Å². The third kappa shape index (κ3) is 3.78. The number of nitrogens with one attached hydrogen (secondary N) is 3. The molecule has 10 heteroatoms. The van der Waals surface area contributed by atoms with Gasteiger partial charge in [0.2, 0.25) is 0 Å². The molecule has 0 radical (unpaired) electrons. The molecule has 1 saturated heterocycles. The Morgan fingerprint density at radius 1 is 1.28 bits per heavy atom. The lowest BCUT2D eigenvalue weighted by Gasteiger charge is -2.33. The lowest BCUT2D eigenvalue weighted by molar-refractivity contribution is -0.156. The fourth-order valence-electron chi connectivity index (χ4n) is 3.65. The first-order valence-electron chi connectivity index (χ1n) is 9.23. The van der Waals surface area contributed by atoms with E-state index in [1.165, 1.54) is 14.0 Å². The first-order valence-corrected chi connectivity index (χ1v) is 9.23. The summed E-state index contributed by atoms with van der Waals surface area (Å²) >= 11 is 0. The molecular formula is C19H22N4O6. The number of benzene rings is 1. The number of aryl methyl sites for hydroxylation is 1. The van der Waals surface area contributed by atoms with Crippen molar-refractivity contribution in [1.82, 2.24) is 20.9 Å². The summed E-state index contributed by atoms with van der Waals surface area (Å²) in [5.74, 6) is -2.28. The highest BCUT2D eigenvalue weighted by Gasteiger charge is 2.54. The number of ether oxygens (including phenoxy) is 1. The van der Waals surface area contributed by atoms with Crippen LogP contribution in [0.25, 0.3) is 0 Å². The van der Waals surface area contributed by atoms with Crippen molar-refractivity contribution in [2.45, 2.75) is 37.8 Å². The number of nitrogens with zero attached hydrogens (tertiary/aromatic N) is 1. The predicted molar refractivity (Wildman–Crippen MR) is 99.5 cm³/mol. The second-order valence-electron chi connectivity index (χ2n) is 6.94. The quantitative estimate of drug-likeness (QED) is 0.485. The molecule has 0 unspecified atom stereocenters. The highest BCUT2D eigenvalue weighted by atomic mass is 16.5. The van der Waals surface area contributed by atoms with E-state index >= 15 is 0 Å². The van der Waals surface area contributed by atoms with Crippen molar-refractivity contribution in [3.63, 3.8) is 0 Å². The van der Waals surface area contributed by atoms with Gasteiger partial charge in [-0.2, -0.15) is 0 Å². The van der Waals surface area contributed by atoms with E-state index in [2.05, 4.69) is 10.6 Å². The number of carbonyl (C=O) groups is 5. The minimum Gasteiger partial charge on any atom is -0.451 e. The van der Waals surface area contributed by atoms with Crippen LogP contribution in [-0.2, 0) is 31.1 Å². The summed E-state index contributed by atoms with van der Waals surface area (Å²) in [7, 11) is 1.33. The van der Waals surface area contributed by atoms with Crippen LogP contribution in [0.4, 0.5) is 9.59 Å². The molecule has 10 nitrogen and oxygen atoms in total. The van der Waals surface area contributed by atoms with E-state index < -0.39 is 48.0 Å². The monoisotopic (exact) mass is 402 g/mol. The van der Waals surface area contributed by atoms with Crippen LogP contribution in [0, 0.1) is 0 Å². The van der Waals surface area contributed by atoms with Crippen LogP contribution in [0.15, 0.2) is 24.3 Å².